The van der Waals surface area contributed by atoms with Gasteiger partial charge in [0.2, 0.25) is 0 Å². The van der Waals surface area contributed by atoms with Crippen molar-refractivity contribution in [2.24, 2.45) is 11.8 Å². The molecule has 1 amide bonds. The summed E-state index contributed by atoms with van der Waals surface area (Å²) >= 11 is 0. The first kappa shape index (κ1) is 22.5. The third-order valence-corrected chi connectivity index (χ3v) is 4.93. The van der Waals surface area contributed by atoms with Crippen LogP contribution in [-0.2, 0) is 9.47 Å². The van der Waals surface area contributed by atoms with Crippen molar-refractivity contribution in [3.63, 3.8) is 0 Å². The molecule has 2 rings (SSSR count). The van der Waals surface area contributed by atoms with Gasteiger partial charge in [0.15, 0.2) is 6.29 Å². The lowest BCUT2D eigenvalue weighted by atomic mass is 10.1. The van der Waals surface area contributed by atoms with Crippen molar-refractivity contribution < 1.29 is 14.3 Å². The van der Waals surface area contributed by atoms with Gasteiger partial charge in [0.05, 0.1) is 24.6 Å². The number of amides is 1. The van der Waals surface area contributed by atoms with Crippen LogP contribution in [0.5, 0.6) is 0 Å². The van der Waals surface area contributed by atoms with Gasteiger partial charge < -0.3 is 25.4 Å². The molecule has 0 radical (unpaired) electrons. The van der Waals surface area contributed by atoms with E-state index in [-0.39, 0.29) is 12.2 Å². The molecule has 0 aromatic heterocycles. The Balaban J connectivity index is 2.01. The molecular weight excluding hydrogens is 354 g/mol. The molecule has 1 saturated heterocycles. The highest BCUT2D eigenvalue weighted by Gasteiger charge is 2.18. The van der Waals surface area contributed by atoms with Crippen LogP contribution in [-0.4, -0.2) is 49.9 Å². The van der Waals surface area contributed by atoms with E-state index in [9.17, 15) is 4.79 Å². The van der Waals surface area contributed by atoms with Gasteiger partial charge in [0, 0.05) is 31.6 Å². The average Bonchev–Trinajstić information content (AvgIpc) is 3.16. The molecule has 1 heterocycles. The molecule has 6 heteroatoms. The van der Waals surface area contributed by atoms with Crippen LogP contribution < -0.4 is 11.1 Å². The number of ether oxygens (including phenoxy) is 2. The van der Waals surface area contributed by atoms with Crippen molar-refractivity contribution in [1.82, 2.24) is 4.90 Å². The van der Waals surface area contributed by atoms with Crippen LogP contribution in [0.15, 0.2) is 18.2 Å². The summed E-state index contributed by atoms with van der Waals surface area (Å²) in [7, 11) is 0. The summed E-state index contributed by atoms with van der Waals surface area (Å²) in [5.74, 6) is 1.21. The van der Waals surface area contributed by atoms with Crippen molar-refractivity contribution >= 4 is 17.3 Å². The quantitative estimate of drug-likeness (QED) is 0.558. The van der Waals surface area contributed by atoms with Gasteiger partial charge in [-0.25, -0.2) is 0 Å². The Morgan fingerprint density at radius 2 is 1.75 bits per heavy atom. The predicted octanol–water partition coefficient (Wildman–Crippen LogP) is 3.98. The van der Waals surface area contributed by atoms with E-state index in [0.29, 0.717) is 42.8 Å². The minimum atomic E-state index is -0.152. The summed E-state index contributed by atoms with van der Waals surface area (Å²) in [5.41, 5.74) is 8.21. The molecule has 1 fully saturated rings. The number of carbonyl (C=O) groups is 1. The van der Waals surface area contributed by atoms with Crippen molar-refractivity contribution in [2.75, 3.05) is 43.9 Å². The molecule has 0 spiro atoms. The highest BCUT2D eigenvalue weighted by molar-refractivity contribution is 5.96. The molecule has 28 heavy (non-hydrogen) atoms. The Kier molecular flexibility index (Phi) is 9.06. The number of rotatable bonds is 11. The summed E-state index contributed by atoms with van der Waals surface area (Å²) in [5, 5.41) is 3.32. The lowest BCUT2D eigenvalue weighted by Crippen LogP contribution is -2.34. The van der Waals surface area contributed by atoms with E-state index < -0.39 is 0 Å². The van der Waals surface area contributed by atoms with Crippen LogP contribution in [0, 0.1) is 11.8 Å². The molecule has 0 unspecified atom stereocenters. The fraction of sp³-hybridized carbons (Fsp3) is 0.682. The number of carbonyl (C=O) groups excluding carboxylic acids is 1. The van der Waals surface area contributed by atoms with E-state index in [1.165, 1.54) is 0 Å². The van der Waals surface area contributed by atoms with Gasteiger partial charge in [-0.1, -0.05) is 27.7 Å². The Morgan fingerprint density at radius 1 is 1.14 bits per heavy atom. The first-order valence-corrected chi connectivity index (χ1v) is 10.5. The molecule has 0 bridgehead atoms. The third-order valence-electron chi connectivity index (χ3n) is 4.93. The number of hydrogen-bond acceptors (Lipinski definition) is 5. The first-order chi connectivity index (χ1) is 13.4. The smallest absolute Gasteiger partial charge is 0.253 e. The topological polar surface area (TPSA) is 76.8 Å². The second-order valence-electron chi connectivity index (χ2n) is 8.35. The number of benzene rings is 1. The maximum atomic E-state index is 13.1. The maximum Gasteiger partial charge on any atom is 0.253 e. The van der Waals surface area contributed by atoms with Crippen molar-refractivity contribution in [3.05, 3.63) is 23.8 Å². The van der Waals surface area contributed by atoms with Gasteiger partial charge in [-0.05, 0) is 42.9 Å². The zero-order valence-electron chi connectivity index (χ0n) is 17.9. The lowest BCUT2D eigenvalue weighted by Gasteiger charge is -2.25. The van der Waals surface area contributed by atoms with Gasteiger partial charge in [-0.2, -0.15) is 0 Å². The summed E-state index contributed by atoms with van der Waals surface area (Å²) in [6, 6.07) is 5.50. The second kappa shape index (κ2) is 11.3. The average molecular weight is 392 g/mol. The normalized spacial score (nSPS) is 14.8. The number of nitrogens with one attached hydrogen (secondary N) is 1. The molecule has 1 aliphatic rings. The standard InChI is InChI=1S/C22H37N3O3/c1-16(2)8-11-25(12-9-17(3)4)22(26)18-5-6-19(23)20(15-18)24-10-7-21-27-13-14-28-21/h5-6,15-17,21,24H,7-14,23H2,1-4H3. The van der Waals surface area contributed by atoms with Gasteiger partial charge in [-0.3, -0.25) is 4.79 Å². The minimum absolute atomic E-state index is 0.0757. The summed E-state index contributed by atoms with van der Waals surface area (Å²) in [4.78, 5) is 15.1. The zero-order valence-corrected chi connectivity index (χ0v) is 17.9. The van der Waals surface area contributed by atoms with Gasteiger partial charge in [-0.15, -0.1) is 0 Å². The third kappa shape index (κ3) is 7.32. The van der Waals surface area contributed by atoms with Gasteiger partial charge >= 0.3 is 0 Å². The lowest BCUT2D eigenvalue weighted by molar-refractivity contribution is -0.0439. The first-order valence-electron chi connectivity index (χ1n) is 10.5. The van der Waals surface area contributed by atoms with Crippen molar-refractivity contribution in [3.8, 4) is 0 Å². The minimum Gasteiger partial charge on any atom is -0.397 e. The molecule has 1 aromatic rings. The molecule has 0 saturated carbocycles. The van der Waals surface area contributed by atoms with Crippen molar-refractivity contribution in [2.45, 2.75) is 53.2 Å². The van der Waals surface area contributed by atoms with E-state index in [4.69, 9.17) is 15.2 Å². The molecule has 0 aliphatic carbocycles. The van der Waals surface area contributed by atoms with Crippen LogP contribution in [0.1, 0.15) is 57.3 Å². The van der Waals surface area contributed by atoms with Crippen LogP contribution >= 0.6 is 0 Å². The number of anilines is 2. The largest absolute Gasteiger partial charge is 0.397 e. The molecule has 1 aromatic carbocycles. The summed E-state index contributed by atoms with van der Waals surface area (Å²) in [6.45, 7) is 12.3. The summed E-state index contributed by atoms with van der Waals surface area (Å²) < 4.78 is 10.9. The Hall–Kier alpha value is -1.79. The molecule has 1 aliphatic heterocycles. The molecular formula is C22H37N3O3. The highest BCUT2D eigenvalue weighted by atomic mass is 16.7. The molecule has 6 nitrogen and oxygen atoms in total. The van der Waals surface area contributed by atoms with E-state index in [1.807, 2.05) is 17.0 Å². The van der Waals surface area contributed by atoms with Gasteiger partial charge in [0.1, 0.15) is 0 Å². The highest BCUT2D eigenvalue weighted by Crippen LogP contribution is 2.22. The zero-order chi connectivity index (χ0) is 20.5. The number of nitrogen functional groups attached to an aromatic ring is 1. The van der Waals surface area contributed by atoms with E-state index in [2.05, 4.69) is 33.0 Å². The van der Waals surface area contributed by atoms with E-state index in [0.717, 1.165) is 38.0 Å². The van der Waals surface area contributed by atoms with Gasteiger partial charge in [0.25, 0.3) is 5.91 Å². The molecule has 0 atom stereocenters. The van der Waals surface area contributed by atoms with Crippen molar-refractivity contribution in [1.29, 1.82) is 0 Å². The fourth-order valence-corrected chi connectivity index (χ4v) is 3.07. The Bertz CT molecular complexity index is 601. The molecule has 3 N–H and O–H groups in total. The van der Waals surface area contributed by atoms with Crippen LogP contribution in [0.2, 0.25) is 0 Å². The van der Waals surface area contributed by atoms with E-state index in [1.54, 1.807) is 6.07 Å². The number of nitrogens with zero attached hydrogens (tertiary/aromatic N) is 1. The molecule has 158 valence electrons. The predicted molar refractivity (Wildman–Crippen MR) is 114 cm³/mol. The van der Waals surface area contributed by atoms with Crippen LogP contribution in [0.4, 0.5) is 11.4 Å². The van der Waals surface area contributed by atoms with Crippen LogP contribution in [0.3, 0.4) is 0 Å². The Morgan fingerprint density at radius 3 is 2.32 bits per heavy atom. The fourth-order valence-electron chi connectivity index (χ4n) is 3.07. The number of hydrogen-bond donors (Lipinski definition) is 2. The summed E-state index contributed by atoms with van der Waals surface area (Å²) in [6.07, 6.45) is 2.60. The van der Waals surface area contributed by atoms with E-state index >= 15 is 0 Å². The van der Waals surface area contributed by atoms with Crippen LogP contribution in [0.25, 0.3) is 0 Å². The second-order valence-corrected chi connectivity index (χ2v) is 8.35. The number of nitrogens with two attached hydrogens (primary N) is 1. The maximum absolute atomic E-state index is 13.1. The Labute approximate surface area is 169 Å². The SMILES string of the molecule is CC(C)CCN(CCC(C)C)C(=O)c1ccc(N)c(NCCC2OCCO2)c1. The monoisotopic (exact) mass is 391 g/mol.